The molecule has 0 radical (unpaired) electrons. The first-order valence-electron chi connectivity index (χ1n) is 10.8. The average Bonchev–Trinajstić information content (AvgIpc) is 3.14. The summed E-state index contributed by atoms with van der Waals surface area (Å²) < 4.78 is 44.6. The molecule has 1 amide bonds. The van der Waals surface area contributed by atoms with E-state index in [9.17, 15) is 27.9 Å². The van der Waals surface area contributed by atoms with E-state index in [4.69, 9.17) is 16.3 Å². The molecule has 182 valence electrons. The second-order valence-corrected chi connectivity index (χ2v) is 8.62. The van der Waals surface area contributed by atoms with Crippen LogP contribution in [0.1, 0.15) is 34.6 Å². The van der Waals surface area contributed by atoms with E-state index < -0.39 is 34.9 Å². The van der Waals surface area contributed by atoms with Crippen molar-refractivity contribution in [1.29, 1.82) is 0 Å². The first kappa shape index (κ1) is 24.6. The molecule has 4 rings (SSSR count). The van der Waals surface area contributed by atoms with Gasteiger partial charge >= 0.3 is 18.2 Å². The van der Waals surface area contributed by atoms with Crippen LogP contribution in [0.3, 0.4) is 0 Å². The van der Waals surface area contributed by atoms with Crippen molar-refractivity contribution in [3.63, 3.8) is 0 Å². The van der Waals surface area contributed by atoms with Crippen LogP contribution in [0.4, 0.5) is 18.0 Å². The molecular formula is C26H21ClF3NO4. The molecule has 2 N–H and O–H groups in total. The summed E-state index contributed by atoms with van der Waals surface area (Å²) in [6.07, 6.45) is -5.68. The number of halogens is 4. The molecule has 0 fully saturated rings. The number of benzene rings is 3. The molecule has 0 saturated heterocycles. The smallest absolute Gasteiger partial charge is 0.417 e. The minimum Gasteiger partial charge on any atom is -0.480 e. The molecule has 0 aromatic heterocycles. The monoisotopic (exact) mass is 503 g/mol. The third-order valence-corrected chi connectivity index (χ3v) is 6.32. The summed E-state index contributed by atoms with van der Waals surface area (Å²) in [5, 5.41) is 11.4. The number of hydrogen-bond acceptors (Lipinski definition) is 3. The van der Waals surface area contributed by atoms with Crippen LogP contribution in [0.15, 0.2) is 66.7 Å². The van der Waals surface area contributed by atoms with Gasteiger partial charge in [-0.3, -0.25) is 0 Å². The molecule has 0 heterocycles. The van der Waals surface area contributed by atoms with Crippen LogP contribution in [0.2, 0.25) is 5.02 Å². The topological polar surface area (TPSA) is 75.6 Å². The number of fused-ring (bicyclic) bond motifs is 3. The number of nitrogens with one attached hydrogen (secondary N) is 1. The lowest BCUT2D eigenvalue weighted by Crippen LogP contribution is -2.41. The number of carbonyl (C=O) groups excluding carboxylic acids is 1. The molecule has 0 bridgehead atoms. The number of aryl methyl sites for hydroxylation is 1. The zero-order chi connectivity index (χ0) is 25.2. The molecule has 1 aliphatic carbocycles. The van der Waals surface area contributed by atoms with Crippen LogP contribution < -0.4 is 5.32 Å². The third kappa shape index (κ3) is 5.43. The number of alkyl halides is 3. The van der Waals surface area contributed by atoms with E-state index in [0.717, 1.165) is 34.4 Å². The number of amides is 1. The maximum atomic E-state index is 13.1. The van der Waals surface area contributed by atoms with Crippen molar-refractivity contribution >= 4 is 23.7 Å². The van der Waals surface area contributed by atoms with E-state index in [0.29, 0.717) is 0 Å². The van der Waals surface area contributed by atoms with Crippen molar-refractivity contribution in [3.05, 3.63) is 94.0 Å². The number of ether oxygens (including phenoxy) is 1. The van der Waals surface area contributed by atoms with Crippen molar-refractivity contribution in [2.45, 2.75) is 31.0 Å². The lowest BCUT2D eigenvalue weighted by Gasteiger charge is -2.18. The van der Waals surface area contributed by atoms with E-state index in [-0.39, 0.29) is 30.9 Å². The number of carboxylic acids is 1. The Balaban J connectivity index is 1.39. The molecule has 3 aromatic carbocycles. The van der Waals surface area contributed by atoms with Gasteiger partial charge in [-0.05, 0) is 52.8 Å². The summed E-state index contributed by atoms with van der Waals surface area (Å²) in [7, 11) is 0. The van der Waals surface area contributed by atoms with Gasteiger partial charge in [-0.1, -0.05) is 66.2 Å². The van der Waals surface area contributed by atoms with Gasteiger partial charge in [0.2, 0.25) is 0 Å². The van der Waals surface area contributed by atoms with Crippen molar-refractivity contribution < 1.29 is 32.6 Å². The highest BCUT2D eigenvalue weighted by Crippen LogP contribution is 2.44. The van der Waals surface area contributed by atoms with Crippen LogP contribution in [0.5, 0.6) is 0 Å². The van der Waals surface area contributed by atoms with Crippen LogP contribution in [-0.2, 0) is 22.1 Å². The predicted molar refractivity (Wildman–Crippen MR) is 124 cm³/mol. The number of alkyl carbamates (subject to hydrolysis) is 1. The molecule has 1 atom stereocenters. The fraction of sp³-hybridized carbons (Fsp3) is 0.231. The van der Waals surface area contributed by atoms with Gasteiger partial charge in [0.05, 0.1) is 10.6 Å². The summed E-state index contributed by atoms with van der Waals surface area (Å²) in [5.41, 5.74) is 3.40. The Bertz CT molecular complexity index is 1220. The van der Waals surface area contributed by atoms with Crippen molar-refractivity contribution in [3.8, 4) is 11.1 Å². The second kappa shape index (κ2) is 10.00. The summed E-state index contributed by atoms with van der Waals surface area (Å²) in [6, 6.07) is 17.6. The van der Waals surface area contributed by atoms with Gasteiger partial charge in [0.25, 0.3) is 0 Å². The van der Waals surface area contributed by atoms with Crippen molar-refractivity contribution in [1.82, 2.24) is 5.32 Å². The summed E-state index contributed by atoms with van der Waals surface area (Å²) >= 11 is 5.63. The highest BCUT2D eigenvalue weighted by molar-refractivity contribution is 6.31. The zero-order valence-corrected chi connectivity index (χ0v) is 19.1. The molecule has 1 aliphatic rings. The zero-order valence-electron chi connectivity index (χ0n) is 18.3. The molecule has 0 spiro atoms. The number of carbonyl (C=O) groups is 2. The normalized spacial score (nSPS) is 13.6. The fourth-order valence-corrected chi connectivity index (χ4v) is 4.52. The predicted octanol–water partition coefficient (Wildman–Crippen LogP) is 6.28. The van der Waals surface area contributed by atoms with E-state index in [1.165, 1.54) is 6.07 Å². The Hall–Kier alpha value is -3.52. The molecule has 9 heteroatoms. The molecule has 0 saturated carbocycles. The van der Waals surface area contributed by atoms with Crippen LogP contribution >= 0.6 is 11.6 Å². The van der Waals surface area contributed by atoms with Crippen molar-refractivity contribution in [2.75, 3.05) is 6.61 Å². The molecular weight excluding hydrogens is 483 g/mol. The molecule has 35 heavy (non-hydrogen) atoms. The minimum absolute atomic E-state index is 0.0122. The largest absolute Gasteiger partial charge is 0.480 e. The van der Waals surface area contributed by atoms with E-state index >= 15 is 0 Å². The van der Waals surface area contributed by atoms with Gasteiger partial charge in [0.15, 0.2) is 0 Å². The summed E-state index contributed by atoms with van der Waals surface area (Å²) in [5.74, 6) is -1.50. The standard InChI is InChI=1S/C26H21ClF3NO4/c27-22-11-9-15(13-21(22)26(28,29)30)10-12-23(24(32)33)31-25(34)35-14-20-18-7-3-1-5-16(18)17-6-2-4-8-19(17)20/h1-9,11,13,20,23H,10,12,14H2,(H,31,34)(H,32,33). The van der Waals surface area contributed by atoms with Gasteiger partial charge in [-0.2, -0.15) is 13.2 Å². The van der Waals surface area contributed by atoms with Crippen LogP contribution in [0.25, 0.3) is 11.1 Å². The maximum Gasteiger partial charge on any atom is 0.417 e. The second-order valence-electron chi connectivity index (χ2n) is 8.21. The van der Waals surface area contributed by atoms with Gasteiger partial charge in [0, 0.05) is 5.92 Å². The third-order valence-electron chi connectivity index (χ3n) is 5.99. The van der Waals surface area contributed by atoms with E-state index in [1.807, 2.05) is 48.5 Å². The fourth-order valence-electron chi connectivity index (χ4n) is 4.30. The average molecular weight is 504 g/mol. The lowest BCUT2D eigenvalue weighted by molar-refractivity contribution is -0.140. The van der Waals surface area contributed by atoms with E-state index in [2.05, 4.69) is 5.32 Å². The first-order chi connectivity index (χ1) is 16.6. The first-order valence-corrected chi connectivity index (χ1v) is 11.2. The number of carboxylic acid groups (broad SMARTS) is 1. The Morgan fingerprint density at radius 1 is 1.00 bits per heavy atom. The maximum absolute atomic E-state index is 13.1. The van der Waals surface area contributed by atoms with Crippen LogP contribution in [0, 0.1) is 0 Å². The molecule has 1 unspecified atom stereocenters. The Morgan fingerprint density at radius 3 is 2.17 bits per heavy atom. The number of hydrogen-bond donors (Lipinski definition) is 2. The SMILES string of the molecule is O=C(NC(CCc1ccc(Cl)c(C(F)(F)F)c1)C(=O)O)OCC1c2ccccc2-c2ccccc21. The minimum atomic E-state index is -4.63. The quantitative estimate of drug-likeness (QED) is 0.397. The molecule has 5 nitrogen and oxygen atoms in total. The number of rotatable bonds is 7. The Labute approximate surface area is 204 Å². The molecule has 0 aliphatic heterocycles. The highest BCUT2D eigenvalue weighted by atomic mass is 35.5. The number of aliphatic carboxylic acids is 1. The van der Waals surface area contributed by atoms with Gasteiger partial charge in [-0.15, -0.1) is 0 Å². The Morgan fingerprint density at radius 2 is 1.60 bits per heavy atom. The lowest BCUT2D eigenvalue weighted by atomic mass is 9.98. The Kier molecular flexibility index (Phi) is 7.03. The van der Waals surface area contributed by atoms with Gasteiger partial charge < -0.3 is 15.2 Å². The summed E-state index contributed by atoms with van der Waals surface area (Å²) in [6.45, 7) is 0.0122. The van der Waals surface area contributed by atoms with Crippen molar-refractivity contribution in [2.24, 2.45) is 0 Å². The van der Waals surface area contributed by atoms with E-state index in [1.54, 1.807) is 0 Å². The van der Waals surface area contributed by atoms with Gasteiger partial charge in [0.1, 0.15) is 12.6 Å². The molecule has 3 aromatic rings. The summed E-state index contributed by atoms with van der Waals surface area (Å²) in [4.78, 5) is 24.1. The highest BCUT2D eigenvalue weighted by Gasteiger charge is 2.33. The van der Waals surface area contributed by atoms with Crippen LogP contribution in [-0.4, -0.2) is 29.8 Å². The van der Waals surface area contributed by atoms with Gasteiger partial charge in [-0.25, -0.2) is 9.59 Å².